The van der Waals surface area contributed by atoms with Gasteiger partial charge in [-0.25, -0.2) is 29.5 Å². The molecule has 230 valence electrons. The second-order valence-electron chi connectivity index (χ2n) is 11.9. The van der Waals surface area contributed by atoms with E-state index >= 15 is 0 Å². The number of imidazole rings is 2. The number of para-hydroxylation sites is 6. The third kappa shape index (κ3) is 4.35. The third-order valence-electron chi connectivity index (χ3n) is 8.91. The molecule has 6 aromatic carbocycles. The van der Waals surface area contributed by atoms with Crippen molar-refractivity contribution in [3.8, 4) is 39.9 Å². The van der Waals surface area contributed by atoms with E-state index < -0.39 is 0 Å². The predicted molar refractivity (Wildman–Crippen MR) is 194 cm³/mol. The number of hydrogen-bond acceptors (Lipinski definition) is 5. The maximum atomic E-state index is 5.24. The second-order valence-corrected chi connectivity index (χ2v) is 11.9. The van der Waals surface area contributed by atoms with Gasteiger partial charge in [-0.1, -0.05) is 109 Å². The first kappa shape index (κ1) is 27.2. The summed E-state index contributed by atoms with van der Waals surface area (Å²) in [5, 5.41) is 0. The average molecular weight is 631 g/mol. The maximum absolute atomic E-state index is 5.24. The summed E-state index contributed by atoms with van der Waals surface area (Å²) in [6.07, 6.45) is 0. The zero-order valence-corrected chi connectivity index (χ0v) is 26.1. The fraction of sp³-hybridized carbons (Fsp3) is 0. The van der Waals surface area contributed by atoms with Crippen molar-refractivity contribution < 1.29 is 0 Å². The van der Waals surface area contributed by atoms with Crippen LogP contribution in [0.4, 0.5) is 0 Å². The van der Waals surface area contributed by atoms with E-state index in [4.69, 9.17) is 24.9 Å². The molecule has 4 heterocycles. The SMILES string of the molecule is c1ccc(-c2nc(-c3ccccc3)nc(-c3cccc(-n4c5nc6ccccc6n5c5ccccc5n5c6ccccc6nc45)c3)n2)cc1. The lowest BCUT2D eigenvalue weighted by Gasteiger charge is -2.11. The van der Waals surface area contributed by atoms with Crippen molar-refractivity contribution in [1.82, 2.24) is 38.3 Å². The van der Waals surface area contributed by atoms with Crippen molar-refractivity contribution in [2.24, 2.45) is 0 Å². The van der Waals surface area contributed by atoms with Crippen LogP contribution in [0, 0.1) is 0 Å². The van der Waals surface area contributed by atoms with Gasteiger partial charge in [-0.15, -0.1) is 0 Å². The number of benzene rings is 6. The molecule has 0 aliphatic heterocycles. The molecule has 0 saturated carbocycles. The first-order valence-corrected chi connectivity index (χ1v) is 16.1. The van der Waals surface area contributed by atoms with Crippen molar-refractivity contribution in [1.29, 1.82) is 0 Å². The monoisotopic (exact) mass is 630 g/mol. The van der Waals surface area contributed by atoms with Crippen LogP contribution in [0.1, 0.15) is 0 Å². The molecular weight excluding hydrogens is 605 g/mol. The summed E-state index contributed by atoms with van der Waals surface area (Å²) in [6.45, 7) is 0. The van der Waals surface area contributed by atoms with Crippen molar-refractivity contribution in [2.45, 2.75) is 0 Å². The van der Waals surface area contributed by atoms with Gasteiger partial charge in [-0.2, -0.15) is 0 Å². The van der Waals surface area contributed by atoms with Crippen LogP contribution in [0.5, 0.6) is 0 Å². The Morgan fingerprint density at radius 2 is 0.735 bits per heavy atom. The van der Waals surface area contributed by atoms with Crippen LogP contribution in [-0.4, -0.2) is 38.3 Å². The Morgan fingerprint density at radius 3 is 1.24 bits per heavy atom. The number of rotatable bonds is 4. The summed E-state index contributed by atoms with van der Waals surface area (Å²) >= 11 is 0. The van der Waals surface area contributed by atoms with E-state index in [9.17, 15) is 0 Å². The van der Waals surface area contributed by atoms with Gasteiger partial charge in [0.2, 0.25) is 11.6 Å². The normalized spacial score (nSPS) is 11.7. The lowest BCUT2D eigenvalue weighted by atomic mass is 10.1. The van der Waals surface area contributed by atoms with Crippen molar-refractivity contribution >= 4 is 44.7 Å². The van der Waals surface area contributed by atoms with Crippen LogP contribution in [0.25, 0.3) is 84.5 Å². The van der Waals surface area contributed by atoms with Gasteiger partial charge in [0.05, 0.1) is 38.8 Å². The summed E-state index contributed by atoms with van der Waals surface area (Å²) in [6, 6.07) is 53.3. The molecule has 8 heteroatoms. The molecule has 0 aliphatic carbocycles. The summed E-state index contributed by atoms with van der Waals surface area (Å²) < 4.78 is 6.59. The first-order valence-electron chi connectivity index (χ1n) is 16.1. The van der Waals surface area contributed by atoms with Gasteiger partial charge >= 0.3 is 0 Å². The number of hydrogen-bond donors (Lipinski definition) is 0. The number of fused-ring (bicyclic) bond motifs is 9. The van der Waals surface area contributed by atoms with Crippen LogP contribution >= 0.6 is 0 Å². The largest absolute Gasteiger partial charge is 0.276 e. The summed E-state index contributed by atoms with van der Waals surface area (Å²) in [5.74, 6) is 3.29. The van der Waals surface area contributed by atoms with Crippen LogP contribution in [0.2, 0.25) is 0 Å². The Morgan fingerprint density at radius 1 is 0.327 bits per heavy atom. The third-order valence-corrected chi connectivity index (χ3v) is 8.91. The molecule has 0 amide bonds. The minimum Gasteiger partial charge on any atom is -0.276 e. The van der Waals surface area contributed by atoms with Gasteiger partial charge in [0.15, 0.2) is 17.5 Å². The molecule has 0 radical (unpaired) electrons. The minimum atomic E-state index is 0.578. The highest BCUT2D eigenvalue weighted by atomic mass is 15.3. The highest BCUT2D eigenvalue weighted by Crippen LogP contribution is 2.31. The molecule has 0 fully saturated rings. The van der Waals surface area contributed by atoms with Crippen molar-refractivity contribution in [3.63, 3.8) is 0 Å². The zero-order chi connectivity index (χ0) is 32.3. The Balaban J connectivity index is 1.30. The van der Waals surface area contributed by atoms with Crippen LogP contribution < -0.4 is 0 Å². The molecule has 10 rings (SSSR count). The molecule has 10 aromatic rings. The van der Waals surface area contributed by atoms with E-state index in [1.165, 1.54) is 0 Å². The number of nitrogens with zero attached hydrogens (tertiary/aromatic N) is 8. The highest BCUT2D eigenvalue weighted by Gasteiger charge is 2.19. The Labute approximate surface area is 279 Å². The zero-order valence-electron chi connectivity index (χ0n) is 26.1. The van der Waals surface area contributed by atoms with Crippen molar-refractivity contribution in [2.75, 3.05) is 0 Å². The fourth-order valence-electron chi connectivity index (χ4n) is 6.69. The van der Waals surface area contributed by atoms with E-state index in [1.54, 1.807) is 0 Å². The molecule has 0 bridgehead atoms. The molecule has 0 saturated heterocycles. The Bertz CT molecular complexity index is 2710. The quantitative estimate of drug-likeness (QED) is 0.194. The van der Waals surface area contributed by atoms with E-state index in [-0.39, 0.29) is 0 Å². The van der Waals surface area contributed by atoms with Gasteiger partial charge < -0.3 is 0 Å². The molecule has 49 heavy (non-hydrogen) atoms. The molecule has 4 aromatic heterocycles. The number of aromatic nitrogens is 8. The smallest absolute Gasteiger partial charge is 0.223 e. The molecule has 0 N–H and O–H groups in total. The first-order chi connectivity index (χ1) is 24.3. The predicted octanol–water partition coefficient (Wildman–Crippen LogP) is 8.98. The fourth-order valence-corrected chi connectivity index (χ4v) is 6.69. The van der Waals surface area contributed by atoms with Crippen molar-refractivity contribution in [3.05, 3.63) is 158 Å². The maximum Gasteiger partial charge on any atom is 0.223 e. The van der Waals surface area contributed by atoms with Gasteiger partial charge in [0.25, 0.3) is 0 Å². The highest BCUT2D eigenvalue weighted by molar-refractivity contribution is 5.93. The Kier molecular flexibility index (Phi) is 6.01. The van der Waals surface area contributed by atoms with Crippen LogP contribution in [0.15, 0.2) is 158 Å². The van der Waals surface area contributed by atoms with E-state index in [0.717, 1.165) is 67.0 Å². The molecule has 0 spiro atoms. The van der Waals surface area contributed by atoms with E-state index in [1.807, 2.05) is 84.9 Å². The second kappa shape index (κ2) is 10.8. The van der Waals surface area contributed by atoms with E-state index in [2.05, 4.69) is 86.2 Å². The average Bonchev–Trinajstić information content (AvgIpc) is 3.71. The topological polar surface area (TPSA) is 78.2 Å². The summed E-state index contributed by atoms with van der Waals surface area (Å²) in [7, 11) is 0. The Hall–Kier alpha value is -6.93. The van der Waals surface area contributed by atoms with Crippen LogP contribution in [0.3, 0.4) is 0 Å². The van der Waals surface area contributed by atoms with Crippen LogP contribution in [-0.2, 0) is 0 Å². The lowest BCUT2D eigenvalue weighted by molar-refractivity contribution is 1.02. The summed E-state index contributed by atoms with van der Waals surface area (Å²) in [4.78, 5) is 25.4. The molecule has 0 aliphatic rings. The standard InChI is InChI=1S/C41H26N8/c1-3-14-27(15-4-1)37-44-38(28-16-5-2-6-17-28)46-39(45-37)29-18-13-19-30(26-29)47-40-42-31-20-7-9-22-33(31)48(40)35-24-11-12-25-36(35)49-34-23-10-8-21-32(34)43-41(47)49/h1-26H. The van der Waals surface area contributed by atoms with Gasteiger partial charge in [-0.05, 0) is 48.5 Å². The van der Waals surface area contributed by atoms with Gasteiger partial charge in [0.1, 0.15) is 0 Å². The lowest BCUT2D eigenvalue weighted by Crippen LogP contribution is -2.03. The van der Waals surface area contributed by atoms with E-state index in [0.29, 0.717) is 17.5 Å². The molecular formula is C41H26N8. The molecule has 0 atom stereocenters. The minimum absolute atomic E-state index is 0.578. The molecule has 0 unspecified atom stereocenters. The molecule has 8 nitrogen and oxygen atoms in total. The van der Waals surface area contributed by atoms with Gasteiger partial charge in [-0.3, -0.25) is 8.80 Å². The van der Waals surface area contributed by atoms with Gasteiger partial charge in [0, 0.05) is 16.7 Å². The summed E-state index contributed by atoms with van der Waals surface area (Å²) in [5.41, 5.74) is 9.43.